The second-order valence-corrected chi connectivity index (χ2v) is 8.04. The van der Waals surface area contributed by atoms with Gasteiger partial charge >= 0.3 is 6.09 Å². The zero-order valence-electron chi connectivity index (χ0n) is 16.5. The summed E-state index contributed by atoms with van der Waals surface area (Å²) < 4.78 is 17.0. The standard InChI is InChI=1S/C19H27BrN2O5/c1-6-26-16-14(20)11-13(12-15(16)25-5)17(23)21-7-9-22(10-8-21)18(24)27-19(2,3)4/h11-12H,6-10H2,1-5H3. The predicted octanol–water partition coefficient (Wildman–Crippen LogP) is 3.55. The minimum Gasteiger partial charge on any atom is -0.493 e. The van der Waals surface area contributed by atoms with E-state index in [-0.39, 0.29) is 12.0 Å². The molecule has 0 bridgehead atoms. The Bertz CT molecular complexity index is 694. The molecule has 1 aliphatic heterocycles. The lowest BCUT2D eigenvalue weighted by molar-refractivity contribution is 0.0141. The molecule has 8 heteroatoms. The molecule has 7 nitrogen and oxygen atoms in total. The van der Waals surface area contributed by atoms with Gasteiger partial charge in [-0.15, -0.1) is 0 Å². The fourth-order valence-electron chi connectivity index (χ4n) is 2.73. The lowest BCUT2D eigenvalue weighted by atomic mass is 10.1. The van der Waals surface area contributed by atoms with Crippen molar-refractivity contribution in [1.82, 2.24) is 9.80 Å². The van der Waals surface area contributed by atoms with Crippen LogP contribution >= 0.6 is 15.9 Å². The molecule has 0 atom stereocenters. The molecule has 2 rings (SSSR count). The molecule has 1 aromatic rings. The van der Waals surface area contributed by atoms with Crippen molar-refractivity contribution >= 4 is 27.9 Å². The van der Waals surface area contributed by atoms with E-state index < -0.39 is 5.60 Å². The van der Waals surface area contributed by atoms with Crippen molar-refractivity contribution < 1.29 is 23.8 Å². The number of hydrogen-bond acceptors (Lipinski definition) is 5. The Balaban J connectivity index is 2.05. The number of hydrogen-bond donors (Lipinski definition) is 0. The number of methoxy groups -OCH3 is 1. The molecule has 1 fully saturated rings. The average Bonchev–Trinajstić information content (AvgIpc) is 2.61. The smallest absolute Gasteiger partial charge is 0.410 e. The Morgan fingerprint density at radius 3 is 2.22 bits per heavy atom. The van der Waals surface area contributed by atoms with Gasteiger partial charge in [0.1, 0.15) is 5.60 Å². The molecule has 0 unspecified atom stereocenters. The minimum absolute atomic E-state index is 0.110. The minimum atomic E-state index is -0.533. The van der Waals surface area contributed by atoms with E-state index in [9.17, 15) is 9.59 Å². The van der Waals surface area contributed by atoms with Crippen LogP contribution in [0, 0.1) is 0 Å². The van der Waals surface area contributed by atoms with Gasteiger partial charge in [0, 0.05) is 31.7 Å². The topological polar surface area (TPSA) is 68.3 Å². The summed E-state index contributed by atoms with van der Waals surface area (Å²) in [6, 6.07) is 3.41. The molecule has 0 radical (unpaired) electrons. The molecule has 0 aromatic heterocycles. The van der Waals surface area contributed by atoms with E-state index in [1.807, 2.05) is 27.7 Å². The van der Waals surface area contributed by atoms with E-state index in [0.717, 1.165) is 0 Å². The van der Waals surface area contributed by atoms with Crippen LogP contribution in [0.3, 0.4) is 0 Å². The monoisotopic (exact) mass is 442 g/mol. The molecule has 1 saturated heterocycles. The molecule has 0 spiro atoms. The third kappa shape index (κ3) is 5.51. The van der Waals surface area contributed by atoms with E-state index in [4.69, 9.17) is 14.2 Å². The van der Waals surface area contributed by atoms with Crippen molar-refractivity contribution in [2.45, 2.75) is 33.3 Å². The van der Waals surface area contributed by atoms with Crippen molar-refractivity contribution in [3.8, 4) is 11.5 Å². The third-order valence-corrected chi connectivity index (χ3v) is 4.57. The summed E-state index contributed by atoms with van der Waals surface area (Å²) in [5, 5.41) is 0. The molecule has 1 heterocycles. The first kappa shape index (κ1) is 21.3. The maximum absolute atomic E-state index is 12.9. The fraction of sp³-hybridized carbons (Fsp3) is 0.579. The van der Waals surface area contributed by atoms with Crippen molar-refractivity contribution in [2.75, 3.05) is 39.9 Å². The van der Waals surface area contributed by atoms with Gasteiger partial charge in [0.2, 0.25) is 0 Å². The van der Waals surface area contributed by atoms with Gasteiger partial charge in [0.05, 0.1) is 18.2 Å². The highest BCUT2D eigenvalue weighted by Gasteiger charge is 2.28. The highest BCUT2D eigenvalue weighted by molar-refractivity contribution is 9.10. The largest absolute Gasteiger partial charge is 0.493 e. The quantitative estimate of drug-likeness (QED) is 0.712. The molecule has 27 heavy (non-hydrogen) atoms. The summed E-state index contributed by atoms with van der Waals surface area (Å²) in [6.45, 7) is 9.66. The van der Waals surface area contributed by atoms with Gasteiger partial charge < -0.3 is 24.0 Å². The molecule has 1 aliphatic rings. The summed E-state index contributed by atoms with van der Waals surface area (Å²) in [5.41, 5.74) is -0.0253. The van der Waals surface area contributed by atoms with Crippen molar-refractivity contribution in [1.29, 1.82) is 0 Å². The van der Waals surface area contributed by atoms with E-state index >= 15 is 0 Å². The Kier molecular flexibility index (Phi) is 6.97. The Morgan fingerprint density at radius 1 is 1.11 bits per heavy atom. The molecule has 0 saturated carbocycles. The van der Waals surface area contributed by atoms with Gasteiger partial charge in [0.25, 0.3) is 5.91 Å². The van der Waals surface area contributed by atoms with Crippen LogP contribution in [0.15, 0.2) is 16.6 Å². The number of carbonyl (C=O) groups is 2. The molecule has 0 N–H and O–H groups in total. The van der Waals surface area contributed by atoms with Gasteiger partial charge in [0.15, 0.2) is 11.5 Å². The fourth-order valence-corrected chi connectivity index (χ4v) is 3.29. The highest BCUT2D eigenvalue weighted by Crippen LogP contribution is 2.37. The van der Waals surface area contributed by atoms with Crippen LogP contribution in [0.4, 0.5) is 4.79 Å². The first-order valence-corrected chi connectivity index (χ1v) is 9.73. The van der Waals surface area contributed by atoms with Crippen molar-refractivity contribution in [3.05, 3.63) is 22.2 Å². The Hall–Kier alpha value is -1.96. The maximum Gasteiger partial charge on any atom is 0.410 e. The van der Waals surface area contributed by atoms with E-state index in [0.29, 0.717) is 54.3 Å². The van der Waals surface area contributed by atoms with Crippen LogP contribution in [0.2, 0.25) is 0 Å². The number of nitrogens with zero attached hydrogens (tertiary/aromatic N) is 2. The summed E-state index contributed by atoms with van der Waals surface area (Å²) in [6.07, 6.45) is -0.347. The van der Waals surface area contributed by atoms with Crippen molar-refractivity contribution in [2.24, 2.45) is 0 Å². The van der Waals surface area contributed by atoms with Gasteiger partial charge in [-0.1, -0.05) is 0 Å². The lowest BCUT2D eigenvalue weighted by Crippen LogP contribution is -2.51. The normalized spacial score (nSPS) is 14.7. The molecule has 1 aromatic carbocycles. The maximum atomic E-state index is 12.9. The number of piperazine rings is 1. The van der Waals surface area contributed by atoms with Crippen LogP contribution in [0.25, 0.3) is 0 Å². The average molecular weight is 443 g/mol. The van der Waals surface area contributed by atoms with Gasteiger partial charge in [-0.25, -0.2) is 4.79 Å². The Labute approximate surface area is 168 Å². The van der Waals surface area contributed by atoms with Gasteiger partial charge in [-0.3, -0.25) is 4.79 Å². The second kappa shape index (κ2) is 8.82. The van der Waals surface area contributed by atoms with Crippen LogP contribution < -0.4 is 9.47 Å². The Morgan fingerprint density at radius 2 is 1.70 bits per heavy atom. The summed E-state index contributed by atoms with van der Waals surface area (Å²) in [5.74, 6) is 0.967. The van der Waals surface area contributed by atoms with Crippen LogP contribution in [0.1, 0.15) is 38.1 Å². The van der Waals surface area contributed by atoms with E-state index in [1.165, 1.54) is 7.11 Å². The molecule has 150 valence electrons. The van der Waals surface area contributed by atoms with Gasteiger partial charge in [-0.2, -0.15) is 0 Å². The SMILES string of the molecule is CCOc1c(Br)cc(C(=O)N2CCN(C(=O)OC(C)(C)C)CC2)cc1OC. The number of benzene rings is 1. The highest BCUT2D eigenvalue weighted by atomic mass is 79.9. The number of carbonyl (C=O) groups excluding carboxylic acids is 2. The first-order chi connectivity index (χ1) is 12.7. The predicted molar refractivity (Wildman–Crippen MR) is 106 cm³/mol. The molecular weight excluding hydrogens is 416 g/mol. The van der Waals surface area contributed by atoms with Crippen LogP contribution in [-0.2, 0) is 4.74 Å². The number of ether oxygens (including phenoxy) is 3. The van der Waals surface area contributed by atoms with E-state index in [1.54, 1.807) is 21.9 Å². The third-order valence-electron chi connectivity index (χ3n) is 3.98. The number of halogens is 1. The lowest BCUT2D eigenvalue weighted by Gasteiger charge is -2.35. The zero-order valence-corrected chi connectivity index (χ0v) is 18.1. The second-order valence-electron chi connectivity index (χ2n) is 7.18. The molecule has 2 amide bonds. The summed E-state index contributed by atoms with van der Waals surface area (Å²) in [4.78, 5) is 28.4. The van der Waals surface area contributed by atoms with Crippen LogP contribution in [0.5, 0.6) is 11.5 Å². The van der Waals surface area contributed by atoms with E-state index in [2.05, 4.69) is 15.9 Å². The van der Waals surface area contributed by atoms with Crippen molar-refractivity contribution in [3.63, 3.8) is 0 Å². The first-order valence-electron chi connectivity index (χ1n) is 8.93. The van der Waals surface area contributed by atoms with Crippen LogP contribution in [-0.4, -0.2) is 67.3 Å². The number of rotatable bonds is 4. The summed E-state index contributed by atoms with van der Waals surface area (Å²) in [7, 11) is 1.54. The molecule has 0 aliphatic carbocycles. The summed E-state index contributed by atoms with van der Waals surface area (Å²) >= 11 is 3.44. The van der Waals surface area contributed by atoms with Gasteiger partial charge in [-0.05, 0) is 55.8 Å². The zero-order chi connectivity index (χ0) is 20.2. The molecular formula is C19H27BrN2O5. The number of amides is 2.